The van der Waals surface area contributed by atoms with Gasteiger partial charge in [-0.2, -0.15) is 0 Å². The first-order valence-corrected chi connectivity index (χ1v) is 13.4. The van der Waals surface area contributed by atoms with Gasteiger partial charge in [0.1, 0.15) is 17.7 Å². The lowest BCUT2D eigenvalue weighted by molar-refractivity contribution is -0.393. The van der Waals surface area contributed by atoms with Gasteiger partial charge in [-0.05, 0) is 31.7 Å². The van der Waals surface area contributed by atoms with Crippen molar-refractivity contribution in [2.45, 2.75) is 39.3 Å². The number of piperidine rings is 1. The van der Waals surface area contributed by atoms with Crippen LogP contribution in [0, 0.1) is 26.1 Å². The molecule has 4 aromatic rings. The summed E-state index contributed by atoms with van der Waals surface area (Å²) in [6.45, 7) is 4.50. The summed E-state index contributed by atoms with van der Waals surface area (Å²) in [4.78, 5) is 60.4. The number of non-ortho nitro benzene ring substituents is 2. The molecule has 15 heteroatoms. The molecule has 42 heavy (non-hydrogen) atoms. The van der Waals surface area contributed by atoms with Crippen LogP contribution >= 0.6 is 0 Å². The fourth-order valence-corrected chi connectivity index (χ4v) is 5.90. The number of nitrogens with zero attached hydrogens (tertiary/aromatic N) is 7. The molecule has 0 saturated carbocycles. The third kappa shape index (κ3) is 4.55. The molecule has 0 aliphatic carbocycles. The standard InChI is InChI=1S/C27H29N7O8/c1-5-15-13-30(25-17-11-22(41-3)23(42-4)12-19(17)28-14-29-25)8-7-20(15)32-26(35)18-9-16(33(37)38)10-21(34(39)40)24(18)31(6-2)27(32)36/h9-12,14-15,20H,5-8,13H2,1-4H3. The van der Waals surface area contributed by atoms with E-state index in [-0.39, 0.29) is 23.4 Å². The topological polar surface area (TPSA) is 178 Å². The Bertz CT molecular complexity index is 1850. The Morgan fingerprint density at radius 3 is 2.31 bits per heavy atom. The molecule has 1 fully saturated rings. The fraction of sp³-hybridized carbons (Fsp3) is 0.407. The SMILES string of the molecule is CCC1CN(c2ncnc3cc(OC)c(OC)cc23)CCC1n1c(=O)c2cc([N+](=O)[O-])cc([N+](=O)[O-])c2n(CC)c1=O. The van der Waals surface area contributed by atoms with Crippen molar-refractivity contribution < 1.29 is 19.3 Å². The molecule has 1 saturated heterocycles. The number of rotatable bonds is 8. The molecular weight excluding hydrogens is 550 g/mol. The van der Waals surface area contributed by atoms with Crippen molar-refractivity contribution in [2.24, 2.45) is 5.92 Å². The molecule has 15 nitrogen and oxygen atoms in total. The zero-order chi connectivity index (χ0) is 30.3. The Hall–Kier alpha value is -5.08. The average Bonchev–Trinajstić information content (AvgIpc) is 2.99. The van der Waals surface area contributed by atoms with Gasteiger partial charge in [-0.15, -0.1) is 0 Å². The Labute approximate surface area is 238 Å². The molecular formula is C27H29N7O8. The molecule has 0 amide bonds. The summed E-state index contributed by atoms with van der Waals surface area (Å²) in [5.41, 5.74) is -2.29. The monoisotopic (exact) mass is 579 g/mol. The second-order valence-corrected chi connectivity index (χ2v) is 9.97. The predicted molar refractivity (Wildman–Crippen MR) is 154 cm³/mol. The van der Waals surface area contributed by atoms with E-state index in [9.17, 15) is 29.8 Å². The zero-order valence-electron chi connectivity index (χ0n) is 23.5. The van der Waals surface area contributed by atoms with Crippen LogP contribution in [0.25, 0.3) is 21.8 Å². The molecule has 1 aliphatic heterocycles. The average molecular weight is 580 g/mol. The quantitative estimate of drug-likeness (QED) is 0.221. The van der Waals surface area contributed by atoms with Gasteiger partial charge in [0.05, 0.1) is 41.0 Å². The third-order valence-electron chi connectivity index (χ3n) is 7.92. The maximum atomic E-state index is 13.8. The molecule has 0 radical (unpaired) electrons. The van der Waals surface area contributed by atoms with Gasteiger partial charge in [-0.25, -0.2) is 14.8 Å². The highest BCUT2D eigenvalue weighted by atomic mass is 16.6. The lowest BCUT2D eigenvalue weighted by Gasteiger charge is -2.39. The number of hydrogen-bond acceptors (Lipinski definition) is 11. The second-order valence-electron chi connectivity index (χ2n) is 9.97. The van der Waals surface area contributed by atoms with Crippen molar-refractivity contribution in [3.63, 3.8) is 0 Å². The predicted octanol–water partition coefficient (Wildman–Crippen LogP) is 3.44. The minimum atomic E-state index is -0.811. The van der Waals surface area contributed by atoms with Crippen LogP contribution in [0.2, 0.25) is 0 Å². The van der Waals surface area contributed by atoms with Crippen LogP contribution in [0.1, 0.15) is 32.7 Å². The third-order valence-corrected chi connectivity index (χ3v) is 7.92. The van der Waals surface area contributed by atoms with E-state index in [1.807, 2.05) is 13.0 Å². The molecule has 3 heterocycles. The van der Waals surface area contributed by atoms with Crippen LogP contribution in [0.3, 0.4) is 0 Å². The molecule has 2 unspecified atom stereocenters. The Balaban J connectivity index is 1.62. The highest BCUT2D eigenvalue weighted by Crippen LogP contribution is 2.38. The summed E-state index contributed by atoms with van der Waals surface area (Å²) in [5.74, 6) is 1.53. The zero-order valence-corrected chi connectivity index (χ0v) is 23.5. The van der Waals surface area contributed by atoms with Crippen LogP contribution in [0.15, 0.2) is 40.2 Å². The maximum Gasteiger partial charge on any atom is 0.331 e. The summed E-state index contributed by atoms with van der Waals surface area (Å²) >= 11 is 0. The van der Waals surface area contributed by atoms with Gasteiger partial charge in [-0.1, -0.05) is 6.92 Å². The number of nitro benzene ring substituents is 2. The van der Waals surface area contributed by atoms with Gasteiger partial charge in [0.15, 0.2) is 11.5 Å². The first-order chi connectivity index (χ1) is 20.1. The van der Waals surface area contributed by atoms with Gasteiger partial charge < -0.3 is 14.4 Å². The van der Waals surface area contributed by atoms with Gasteiger partial charge in [0, 0.05) is 43.2 Å². The first kappa shape index (κ1) is 28.4. The van der Waals surface area contributed by atoms with Gasteiger partial charge >= 0.3 is 11.4 Å². The number of hydrogen-bond donors (Lipinski definition) is 0. The number of ether oxygens (including phenoxy) is 2. The van der Waals surface area contributed by atoms with Crippen molar-refractivity contribution in [3.05, 3.63) is 71.7 Å². The molecule has 220 valence electrons. The van der Waals surface area contributed by atoms with Crippen molar-refractivity contribution >= 4 is 39.0 Å². The number of aromatic nitrogens is 4. The largest absolute Gasteiger partial charge is 0.493 e. The Morgan fingerprint density at radius 2 is 1.69 bits per heavy atom. The highest BCUT2D eigenvalue weighted by Gasteiger charge is 2.35. The fourth-order valence-electron chi connectivity index (χ4n) is 5.90. The summed E-state index contributed by atoms with van der Waals surface area (Å²) in [7, 11) is 3.08. The smallest absolute Gasteiger partial charge is 0.331 e. The molecule has 2 aromatic heterocycles. The minimum absolute atomic E-state index is 0.0299. The van der Waals surface area contributed by atoms with Crippen LogP contribution in [-0.4, -0.2) is 56.3 Å². The Kier molecular flexibility index (Phi) is 7.49. The van der Waals surface area contributed by atoms with Crippen LogP contribution in [-0.2, 0) is 6.54 Å². The van der Waals surface area contributed by atoms with E-state index in [4.69, 9.17) is 9.47 Å². The van der Waals surface area contributed by atoms with E-state index in [2.05, 4.69) is 14.9 Å². The summed E-state index contributed by atoms with van der Waals surface area (Å²) in [6, 6.07) is 4.82. The van der Waals surface area contributed by atoms with E-state index in [1.165, 1.54) is 6.33 Å². The maximum absolute atomic E-state index is 13.8. The molecule has 0 bridgehead atoms. The minimum Gasteiger partial charge on any atom is -0.493 e. The molecule has 5 rings (SSSR count). The van der Waals surface area contributed by atoms with Crippen molar-refractivity contribution in [1.82, 2.24) is 19.1 Å². The van der Waals surface area contributed by atoms with E-state index >= 15 is 0 Å². The van der Waals surface area contributed by atoms with Crippen molar-refractivity contribution in [2.75, 3.05) is 32.2 Å². The number of benzene rings is 2. The molecule has 0 N–H and O–H groups in total. The van der Waals surface area contributed by atoms with E-state index in [1.54, 1.807) is 27.2 Å². The molecule has 0 spiro atoms. The lowest BCUT2D eigenvalue weighted by Crippen LogP contribution is -2.50. The number of fused-ring (bicyclic) bond motifs is 2. The van der Waals surface area contributed by atoms with Crippen LogP contribution < -0.4 is 25.6 Å². The number of methoxy groups -OCH3 is 2. The molecule has 2 aromatic carbocycles. The number of aryl methyl sites for hydroxylation is 1. The highest BCUT2D eigenvalue weighted by molar-refractivity contribution is 5.92. The van der Waals surface area contributed by atoms with E-state index in [0.717, 1.165) is 26.7 Å². The second kappa shape index (κ2) is 11.1. The number of anilines is 1. The van der Waals surface area contributed by atoms with E-state index in [0.29, 0.717) is 48.8 Å². The lowest BCUT2D eigenvalue weighted by atomic mass is 9.89. The molecule has 1 aliphatic rings. The normalized spacial score (nSPS) is 17.0. The summed E-state index contributed by atoms with van der Waals surface area (Å²) in [6.07, 6.45) is 2.45. The summed E-state index contributed by atoms with van der Waals surface area (Å²) in [5, 5.41) is 23.9. The summed E-state index contributed by atoms with van der Waals surface area (Å²) < 4.78 is 13.1. The van der Waals surface area contributed by atoms with Gasteiger partial charge in [-0.3, -0.25) is 34.2 Å². The van der Waals surface area contributed by atoms with Crippen molar-refractivity contribution in [1.29, 1.82) is 0 Å². The Morgan fingerprint density at radius 1 is 0.976 bits per heavy atom. The van der Waals surface area contributed by atoms with Crippen LogP contribution in [0.4, 0.5) is 17.2 Å². The van der Waals surface area contributed by atoms with E-state index < -0.39 is 38.5 Å². The van der Waals surface area contributed by atoms with Gasteiger partial charge in [0.25, 0.3) is 11.2 Å². The number of nitro groups is 2. The first-order valence-electron chi connectivity index (χ1n) is 13.4. The molecule has 2 atom stereocenters. The van der Waals surface area contributed by atoms with Crippen molar-refractivity contribution in [3.8, 4) is 11.5 Å². The van der Waals surface area contributed by atoms with Crippen LogP contribution in [0.5, 0.6) is 11.5 Å². The van der Waals surface area contributed by atoms with Gasteiger partial charge in [0.2, 0.25) is 0 Å².